The second-order valence-electron chi connectivity index (χ2n) is 11.0. The third-order valence-electron chi connectivity index (χ3n) is 7.97. The molecular formula is C34H48O5. The molecule has 1 atom stereocenters. The van der Waals surface area contributed by atoms with Crippen LogP contribution in [0.3, 0.4) is 0 Å². The lowest BCUT2D eigenvalue weighted by molar-refractivity contribution is -0.139. The van der Waals surface area contributed by atoms with Gasteiger partial charge in [0.1, 0.15) is 24.7 Å². The summed E-state index contributed by atoms with van der Waals surface area (Å²) in [6, 6.07) is 16.9. The van der Waals surface area contributed by atoms with Crippen LogP contribution in [0.25, 0.3) is 0 Å². The van der Waals surface area contributed by atoms with E-state index in [4.69, 9.17) is 14.2 Å². The Kier molecular flexibility index (Phi) is 13.4. The van der Waals surface area contributed by atoms with E-state index in [1.165, 1.54) is 30.4 Å². The van der Waals surface area contributed by atoms with Gasteiger partial charge in [0.05, 0.1) is 6.61 Å². The molecule has 0 heterocycles. The van der Waals surface area contributed by atoms with Crippen LogP contribution in [0.1, 0.15) is 88.7 Å². The molecule has 5 heteroatoms. The zero-order valence-electron chi connectivity index (χ0n) is 24.0. The Labute approximate surface area is 235 Å². The number of rotatable bonds is 17. The summed E-state index contributed by atoms with van der Waals surface area (Å²) < 4.78 is 17.1. The molecule has 214 valence electrons. The van der Waals surface area contributed by atoms with Crippen LogP contribution in [0.15, 0.2) is 60.7 Å². The van der Waals surface area contributed by atoms with Gasteiger partial charge in [0.2, 0.25) is 0 Å². The molecule has 1 saturated carbocycles. The third kappa shape index (κ3) is 10.7. The lowest BCUT2D eigenvalue weighted by Crippen LogP contribution is -2.24. The summed E-state index contributed by atoms with van der Waals surface area (Å²) in [5.41, 5.74) is 3.16. The summed E-state index contributed by atoms with van der Waals surface area (Å²) in [5.74, 6) is 2.93. The van der Waals surface area contributed by atoms with Crippen LogP contribution in [-0.4, -0.2) is 37.5 Å². The molecule has 0 spiro atoms. The fourth-order valence-electron chi connectivity index (χ4n) is 5.62. The van der Waals surface area contributed by atoms with Crippen LogP contribution in [0.4, 0.5) is 0 Å². The topological polar surface area (TPSA) is 65.0 Å². The van der Waals surface area contributed by atoms with Crippen molar-refractivity contribution >= 4 is 5.97 Å². The van der Waals surface area contributed by atoms with Crippen molar-refractivity contribution < 1.29 is 24.1 Å². The van der Waals surface area contributed by atoms with Crippen LogP contribution >= 0.6 is 0 Å². The lowest BCUT2D eigenvalue weighted by atomic mass is 9.72. The first-order valence-electron chi connectivity index (χ1n) is 14.9. The summed E-state index contributed by atoms with van der Waals surface area (Å²) in [6.45, 7) is 9.13. The van der Waals surface area contributed by atoms with Gasteiger partial charge < -0.3 is 19.3 Å². The van der Waals surface area contributed by atoms with Gasteiger partial charge in [0, 0.05) is 12.2 Å². The second-order valence-corrected chi connectivity index (χ2v) is 11.0. The first-order chi connectivity index (χ1) is 19.0. The van der Waals surface area contributed by atoms with E-state index in [0.29, 0.717) is 43.1 Å². The third-order valence-corrected chi connectivity index (χ3v) is 7.97. The molecule has 1 fully saturated rings. The van der Waals surface area contributed by atoms with E-state index in [-0.39, 0.29) is 12.6 Å². The standard InChI is InChI=1S/C34H48O5/c1-4-5-6-7-27-8-16-32(17-9-27)37-24-25-38-33-18-14-30(15-19-33)28-10-12-29(13-11-28)31(20-22-35)21-23-39-34(36)26(2)3/h8-9,14-19,28-29,31,35H,2,4-7,10-13,20-25H2,1,3H3. The largest absolute Gasteiger partial charge is 0.490 e. The van der Waals surface area contributed by atoms with Gasteiger partial charge in [-0.05, 0) is 111 Å². The van der Waals surface area contributed by atoms with E-state index in [9.17, 15) is 9.90 Å². The smallest absolute Gasteiger partial charge is 0.333 e. The second kappa shape index (κ2) is 17.0. The molecule has 2 aromatic carbocycles. The van der Waals surface area contributed by atoms with Gasteiger partial charge in [-0.25, -0.2) is 4.79 Å². The molecule has 0 radical (unpaired) electrons. The number of carbonyl (C=O) groups is 1. The number of aryl methyl sites for hydroxylation is 1. The van der Waals surface area contributed by atoms with Gasteiger partial charge in [-0.15, -0.1) is 0 Å². The first kappa shape index (κ1) is 30.7. The maximum Gasteiger partial charge on any atom is 0.333 e. The Bertz CT molecular complexity index is 974. The molecule has 3 rings (SSSR count). The highest BCUT2D eigenvalue weighted by Gasteiger charge is 2.28. The SMILES string of the molecule is C=C(C)C(=O)OCCC(CCO)C1CCC(c2ccc(OCCOc3ccc(CCCCC)cc3)cc2)CC1. The van der Waals surface area contributed by atoms with Crippen molar-refractivity contribution in [2.75, 3.05) is 26.4 Å². The highest BCUT2D eigenvalue weighted by atomic mass is 16.5. The fraction of sp³-hybridized carbons (Fsp3) is 0.559. The normalized spacial score (nSPS) is 17.8. The van der Waals surface area contributed by atoms with Gasteiger partial charge in [0.15, 0.2) is 0 Å². The lowest BCUT2D eigenvalue weighted by Gasteiger charge is -2.34. The summed E-state index contributed by atoms with van der Waals surface area (Å²) in [7, 11) is 0. The van der Waals surface area contributed by atoms with Crippen LogP contribution < -0.4 is 9.47 Å². The average Bonchev–Trinajstić information content (AvgIpc) is 2.96. The van der Waals surface area contributed by atoms with E-state index < -0.39 is 0 Å². The molecule has 1 aliphatic rings. The van der Waals surface area contributed by atoms with E-state index in [0.717, 1.165) is 56.4 Å². The number of hydrogen-bond donors (Lipinski definition) is 1. The molecular weight excluding hydrogens is 488 g/mol. The van der Waals surface area contributed by atoms with Gasteiger partial charge in [0.25, 0.3) is 0 Å². The van der Waals surface area contributed by atoms with Crippen molar-refractivity contribution in [3.8, 4) is 11.5 Å². The summed E-state index contributed by atoms with van der Waals surface area (Å²) >= 11 is 0. The molecule has 1 aliphatic carbocycles. The van der Waals surface area contributed by atoms with Crippen molar-refractivity contribution in [1.82, 2.24) is 0 Å². The van der Waals surface area contributed by atoms with Gasteiger partial charge >= 0.3 is 5.97 Å². The zero-order chi connectivity index (χ0) is 27.9. The number of esters is 1. The van der Waals surface area contributed by atoms with Crippen molar-refractivity contribution in [3.63, 3.8) is 0 Å². The minimum absolute atomic E-state index is 0.178. The number of carbonyl (C=O) groups excluding carboxylic acids is 1. The number of ether oxygens (including phenoxy) is 3. The summed E-state index contributed by atoms with van der Waals surface area (Å²) in [6.07, 6.45) is 11.0. The Hall–Kier alpha value is -2.79. The number of hydrogen-bond acceptors (Lipinski definition) is 5. The zero-order valence-corrected chi connectivity index (χ0v) is 24.0. The van der Waals surface area contributed by atoms with Crippen LogP contribution in [0, 0.1) is 11.8 Å². The predicted octanol–water partition coefficient (Wildman–Crippen LogP) is 7.66. The monoisotopic (exact) mass is 536 g/mol. The molecule has 5 nitrogen and oxygen atoms in total. The van der Waals surface area contributed by atoms with Crippen LogP contribution in [0.2, 0.25) is 0 Å². The maximum atomic E-state index is 11.7. The highest BCUT2D eigenvalue weighted by molar-refractivity contribution is 5.86. The Balaban J connectivity index is 1.36. The quantitative estimate of drug-likeness (QED) is 0.128. The number of benzene rings is 2. The maximum absolute atomic E-state index is 11.7. The molecule has 1 N–H and O–H groups in total. The van der Waals surface area contributed by atoms with Crippen LogP contribution in [-0.2, 0) is 16.0 Å². The van der Waals surface area contributed by atoms with Crippen LogP contribution in [0.5, 0.6) is 11.5 Å². The molecule has 2 aromatic rings. The minimum atomic E-state index is -0.329. The van der Waals surface area contributed by atoms with Crippen molar-refractivity contribution in [1.29, 1.82) is 0 Å². The molecule has 39 heavy (non-hydrogen) atoms. The Morgan fingerprint density at radius 1 is 0.897 bits per heavy atom. The molecule has 0 aromatic heterocycles. The van der Waals surface area contributed by atoms with E-state index in [2.05, 4.69) is 62.0 Å². The van der Waals surface area contributed by atoms with Crippen molar-refractivity contribution in [2.45, 2.75) is 84.0 Å². The van der Waals surface area contributed by atoms with E-state index >= 15 is 0 Å². The van der Waals surface area contributed by atoms with Gasteiger partial charge in [-0.3, -0.25) is 0 Å². The van der Waals surface area contributed by atoms with E-state index in [1.54, 1.807) is 6.92 Å². The van der Waals surface area contributed by atoms with Gasteiger partial charge in [-0.2, -0.15) is 0 Å². The summed E-state index contributed by atoms with van der Waals surface area (Å²) in [4.78, 5) is 11.7. The molecule has 0 bridgehead atoms. The molecule has 0 saturated heterocycles. The number of aliphatic hydroxyl groups excluding tert-OH is 1. The van der Waals surface area contributed by atoms with E-state index in [1.807, 2.05) is 0 Å². The highest BCUT2D eigenvalue weighted by Crippen LogP contribution is 2.41. The van der Waals surface area contributed by atoms with Gasteiger partial charge in [-0.1, -0.05) is 50.6 Å². The van der Waals surface area contributed by atoms with Crippen molar-refractivity contribution in [3.05, 3.63) is 71.8 Å². The fourth-order valence-corrected chi connectivity index (χ4v) is 5.62. The molecule has 1 unspecified atom stereocenters. The molecule has 0 aliphatic heterocycles. The Morgan fingerprint density at radius 2 is 1.51 bits per heavy atom. The predicted molar refractivity (Wildman–Crippen MR) is 157 cm³/mol. The number of unbranched alkanes of at least 4 members (excludes halogenated alkanes) is 2. The van der Waals surface area contributed by atoms with Crippen molar-refractivity contribution in [2.24, 2.45) is 11.8 Å². The Morgan fingerprint density at radius 3 is 2.08 bits per heavy atom. The minimum Gasteiger partial charge on any atom is -0.490 e. The summed E-state index contributed by atoms with van der Waals surface area (Å²) in [5, 5.41) is 9.56. The first-order valence-corrected chi connectivity index (χ1v) is 14.9. The average molecular weight is 537 g/mol. The number of aliphatic hydroxyl groups is 1. The molecule has 0 amide bonds.